The summed E-state index contributed by atoms with van der Waals surface area (Å²) >= 11 is 0. The van der Waals surface area contributed by atoms with Gasteiger partial charge >= 0.3 is 18.0 Å². The molecule has 1 rings (SSSR count). The molecule has 13 nitrogen and oxygen atoms in total. The van der Waals surface area contributed by atoms with Crippen LogP contribution < -0.4 is 26.6 Å². The van der Waals surface area contributed by atoms with E-state index in [2.05, 4.69) is 26.6 Å². The number of hydrogen-bond donors (Lipinski definition) is 5. The smallest absolute Gasteiger partial charge is 0.330 e. The van der Waals surface area contributed by atoms with Gasteiger partial charge in [-0.15, -0.1) is 0 Å². The Kier molecular flexibility index (Phi) is 15.3. The molecule has 4 atom stereocenters. The minimum absolute atomic E-state index is 0.0310. The predicted octanol–water partition coefficient (Wildman–Crippen LogP) is 0.535. The van der Waals surface area contributed by atoms with Gasteiger partial charge in [-0.25, -0.2) is 9.59 Å². The highest BCUT2D eigenvalue weighted by atomic mass is 16.5. The normalized spacial score (nSPS) is 17.1. The lowest BCUT2D eigenvalue weighted by Gasteiger charge is -2.27. The number of carbonyl (C=O) groups is 6. The first-order valence-corrected chi connectivity index (χ1v) is 13.8. The van der Waals surface area contributed by atoms with E-state index in [0.717, 1.165) is 0 Å². The van der Waals surface area contributed by atoms with Crippen LogP contribution in [0.3, 0.4) is 0 Å². The minimum Gasteiger partial charge on any atom is -0.465 e. The lowest BCUT2D eigenvalue weighted by Crippen LogP contribution is -2.57. The van der Waals surface area contributed by atoms with Crippen molar-refractivity contribution in [1.29, 1.82) is 0 Å². The summed E-state index contributed by atoms with van der Waals surface area (Å²) in [7, 11) is 0. The average molecular weight is 568 g/mol. The molecule has 5 N–H and O–H groups in total. The van der Waals surface area contributed by atoms with Gasteiger partial charge < -0.3 is 36.1 Å². The van der Waals surface area contributed by atoms with Crippen LogP contribution in [-0.2, 0) is 33.4 Å². The maximum absolute atomic E-state index is 13.4. The summed E-state index contributed by atoms with van der Waals surface area (Å²) in [6.07, 6.45) is 3.87. The molecule has 13 heteroatoms. The fraction of sp³-hybridized carbons (Fsp3) is 0.704. The lowest BCUT2D eigenvalue weighted by molar-refractivity contribution is -0.142. The lowest BCUT2D eigenvalue weighted by atomic mass is 9.96. The van der Waals surface area contributed by atoms with Gasteiger partial charge in [0.2, 0.25) is 17.7 Å². The van der Waals surface area contributed by atoms with Crippen molar-refractivity contribution in [2.75, 3.05) is 26.3 Å². The number of amides is 5. The standard InChI is InChI=1S/C27H45N5O8/c1-7-39-21(33)10-9-19(14-18-11-12-28-24(18)35)30-25(36)20(13-16(3)4)31-26(37)23(17(5)6)32-27(38)29-15-22(34)40-8-2/h9-10,16-20,23H,7-8,11-15H2,1-6H3,(H,28,35)(H,30,36)(H,31,37)(H2,29,32,38)/t18-,19+,20-,23-/m0/s1. The van der Waals surface area contributed by atoms with Crippen LogP contribution in [-0.4, -0.2) is 80.1 Å². The van der Waals surface area contributed by atoms with Crippen LogP contribution in [0.1, 0.15) is 60.8 Å². The third-order valence-corrected chi connectivity index (χ3v) is 6.05. The van der Waals surface area contributed by atoms with Gasteiger partial charge in [0.1, 0.15) is 18.6 Å². The number of hydrogen-bond acceptors (Lipinski definition) is 8. The molecule has 0 unspecified atom stereocenters. The molecule has 40 heavy (non-hydrogen) atoms. The third-order valence-electron chi connectivity index (χ3n) is 6.05. The molecule has 0 aromatic rings. The van der Waals surface area contributed by atoms with E-state index in [9.17, 15) is 28.8 Å². The Morgan fingerprint density at radius 2 is 1.65 bits per heavy atom. The van der Waals surface area contributed by atoms with E-state index < -0.39 is 47.9 Å². The summed E-state index contributed by atoms with van der Waals surface area (Å²) in [5, 5.41) is 13.2. The molecule has 0 aliphatic carbocycles. The Morgan fingerprint density at radius 3 is 2.20 bits per heavy atom. The maximum atomic E-state index is 13.4. The topological polar surface area (TPSA) is 181 Å². The van der Waals surface area contributed by atoms with Crippen molar-refractivity contribution in [3.05, 3.63) is 12.2 Å². The third kappa shape index (κ3) is 12.9. The van der Waals surface area contributed by atoms with E-state index in [-0.39, 0.29) is 49.8 Å². The molecular weight excluding hydrogens is 522 g/mol. The van der Waals surface area contributed by atoms with Crippen molar-refractivity contribution < 1.29 is 38.2 Å². The fourth-order valence-electron chi connectivity index (χ4n) is 4.09. The van der Waals surface area contributed by atoms with Crippen molar-refractivity contribution in [2.24, 2.45) is 17.8 Å². The van der Waals surface area contributed by atoms with Crippen LogP contribution in [0.2, 0.25) is 0 Å². The SMILES string of the molecule is CCOC(=O)C=C[C@H](C[C@@H]1CCNC1=O)NC(=O)[C@H](CC(C)C)NC(=O)[C@@H](NC(=O)NCC(=O)OCC)C(C)C. The van der Waals surface area contributed by atoms with Crippen LogP contribution in [0.25, 0.3) is 0 Å². The van der Waals surface area contributed by atoms with Crippen LogP contribution in [0.4, 0.5) is 4.79 Å². The van der Waals surface area contributed by atoms with Gasteiger partial charge in [-0.2, -0.15) is 0 Å². The van der Waals surface area contributed by atoms with Gasteiger partial charge in [0.05, 0.1) is 13.2 Å². The molecule has 0 saturated carbocycles. The van der Waals surface area contributed by atoms with E-state index in [0.29, 0.717) is 19.4 Å². The molecule has 0 radical (unpaired) electrons. The molecule has 1 aliphatic rings. The highest BCUT2D eigenvalue weighted by molar-refractivity contribution is 5.92. The summed E-state index contributed by atoms with van der Waals surface area (Å²) in [4.78, 5) is 74.4. The molecule has 1 fully saturated rings. The molecular formula is C27H45N5O8. The van der Waals surface area contributed by atoms with E-state index in [1.54, 1.807) is 27.7 Å². The molecule has 1 heterocycles. The van der Waals surface area contributed by atoms with Crippen molar-refractivity contribution in [1.82, 2.24) is 26.6 Å². The predicted molar refractivity (Wildman–Crippen MR) is 147 cm³/mol. The van der Waals surface area contributed by atoms with Crippen LogP contribution in [0.15, 0.2) is 12.2 Å². The summed E-state index contributed by atoms with van der Waals surface area (Å²) < 4.78 is 9.70. The average Bonchev–Trinajstić information content (AvgIpc) is 3.27. The fourth-order valence-corrected chi connectivity index (χ4v) is 4.09. The van der Waals surface area contributed by atoms with Gasteiger partial charge in [-0.05, 0) is 44.9 Å². The molecule has 0 bridgehead atoms. The summed E-state index contributed by atoms with van der Waals surface area (Å²) in [5.74, 6) is -3.01. The first-order chi connectivity index (χ1) is 18.9. The molecule has 5 amide bonds. The Balaban J connectivity index is 2.98. The zero-order chi connectivity index (χ0) is 30.2. The number of rotatable bonds is 16. The second kappa shape index (κ2) is 17.9. The van der Waals surface area contributed by atoms with Crippen LogP contribution in [0, 0.1) is 17.8 Å². The zero-order valence-corrected chi connectivity index (χ0v) is 24.3. The Bertz CT molecular complexity index is 921. The van der Waals surface area contributed by atoms with Gasteiger partial charge in [0.15, 0.2) is 0 Å². The van der Waals surface area contributed by atoms with Crippen molar-refractivity contribution in [3.63, 3.8) is 0 Å². The highest BCUT2D eigenvalue weighted by Gasteiger charge is 2.32. The van der Waals surface area contributed by atoms with E-state index in [1.807, 2.05) is 13.8 Å². The first-order valence-electron chi connectivity index (χ1n) is 13.8. The number of esters is 2. The molecule has 0 spiro atoms. The Hall–Kier alpha value is -3.64. The largest absolute Gasteiger partial charge is 0.465 e. The van der Waals surface area contributed by atoms with Gasteiger partial charge in [-0.1, -0.05) is 33.8 Å². The number of carbonyl (C=O) groups excluding carboxylic acids is 6. The van der Waals surface area contributed by atoms with Crippen molar-refractivity contribution in [3.8, 4) is 0 Å². The molecule has 1 saturated heterocycles. The highest BCUT2D eigenvalue weighted by Crippen LogP contribution is 2.17. The molecule has 0 aromatic heterocycles. The van der Waals surface area contributed by atoms with Crippen molar-refractivity contribution >= 4 is 35.7 Å². The number of urea groups is 1. The molecule has 0 aromatic carbocycles. The van der Waals surface area contributed by atoms with E-state index in [1.165, 1.54) is 12.2 Å². The Morgan fingerprint density at radius 1 is 0.975 bits per heavy atom. The van der Waals surface area contributed by atoms with Gasteiger partial charge in [-0.3, -0.25) is 19.2 Å². The molecule has 226 valence electrons. The zero-order valence-electron chi connectivity index (χ0n) is 24.3. The monoisotopic (exact) mass is 567 g/mol. The maximum Gasteiger partial charge on any atom is 0.330 e. The number of nitrogens with one attached hydrogen (secondary N) is 5. The molecule has 1 aliphatic heterocycles. The quantitative estimate of drug-likeness (QED) is 0.132. The van der Waals surface area contributed by atoms with Gasteiger partial charge in [0, 0.05) is 24.6 Å². The number of ether oxygens (including phenoxy) is 2. The Labute approximate surface area is 235 Å². The van der Waals surface area contributed by atoms with Crippen molar-refractivity contribution in [2.45, 2.75) is 78.9 Å². The second-order valence-corrected chi connectivity index (χ2v) is 10.3. The van der Waals surface area contributed by atoms with Gasteiger partial charge in [0.25, 0.3) is 0 Å². The van der Waals surface area contributed by atoms with Crippen LogP contribution >= 0.6 is 0 Å². The minimum atomic E-state index is -0.994. The second-order valence-electron chi connectivity index (χ2n) is 10.3. The van der Waals surface area contributed by atoms with E-state index in [4.69, 9.17) is 9.47 Å². The summed E-state index contributed by atoms with van der Waals surface area (Å²) in [6.45, 7) is 11.1. The van der Waals surface area contributed by atoms with Crippen LogP contribution in [0.5, 0.6) is 0 Å². The first kappa shape index (κ1) is 34.4. The summed E-state index contributed by atoms with van der Waals surface area (Å²) in [6, 6.07) is -3.34. The van der Waals surface area contributed by atoms with E-state index >= 15 is 0 Å². The summed E-state index contributed by atoms with van der Waals surface area (Å²) in [5.41, 5.74) is 0.